The maximum atomic E-state index is 13.1. The summed E-state index contributed by atoms with van der Waals surface area (Å²) in [6.45, 7) is 0.231. The number of carbonyl (C=O) groups excluding carboxylic acids is 1. The summed E-state index contributed by atoms with van der Waals surface area (Å²) >= 11 is 1.54. The van der Waals surface area contributed by atoms with E-state index in [1.165, 1.54) is 36.0 Å². The fourth-order valence-electron chi connectivity index (χ4n) is 4.14. The highest BCUT2D eigenvalue weighted by Gasteiger charge is 2.21. The number of hydrogen-bond acceptors (Lipinski definition) is 6. The van der Waals surface area contributed by atoms with E-state index in [0.717, 1.165) is 10.3 Å². The van der Waals surface area contributed by atoms with Gasteiger partial charge in [0.1, 0.15) is 0 Å². The third kappa shape index (κ3) is 6.15. The van der Waals surface area contributed by atoms with Gasteiger partial charge in [-0.15, -0.1) is 11.8 Å². The fourth-order valence-corrected chi connectivity index (χ4v) is 7.13. The number of hydrogen-bond donors (Lipinski definition) is 2. The lowest BCUT2D eigenvalue weighted by atomic mass is 10.0. The van der Waals surface area contributed by atoms with Gasteiger partial charge in [0.05, 0.1) is 9.79 Å². The molecule has 39 heavy (non-hydrogen) atoms. The maximum absolute atomic E-state index is 13.1. The van der Waals surface area contributed by atoms with Crippen molar-refractivity contribution in [1.29, 1.82) is 0 Å². The van der Waals surface area contributed by atoms with Gasteiger partial charge in [-0.25, -0.2) is 26.3 Å². The molecule has 1 amide bonds. The first-order valence-electron chi connectivity index (χ1n) is 12.0. The lowest BCUT2D eigenvalue weighted by molar-refractivity contribution is 0.0983. The largest absolute Gasteiger partial charge is 0.268 e. The number of carbonyl (C=O) groups is 1. The molecular weight excluding hydrogens is 553 g/mol. The normalized spacial score (nSPS) is 12.0. The third-order valence-electron chi connectivity index (χ3n) is 6.07. The highest BCUT2D eigenvalue weighted by Crippen LogP contribution is 2.24. The third-order valence-corrected chi connectivity index (χ3v) is 9.87. The van der Waals surface area contributed by atoms with Crippen LogP contribution in [0.1, 0.15) is 10.4 Å². The van der Waals surface area contributed by atoms with Crippen molar-refractivity contribution in [1.82, 2.24) is 9.44 Å². The van der Waals surface area contributed by atoms with Gasteiger partial charge in [-0.05, 0) is 64.0 Å². The van der Waals surface area contributed by atoms with Crippen LogP contribution in [0.3, 0.4) is 0 Å². The summed E-state index contributed by atoms with van der Waals surface area (Å²) in [5.41, 5.74) is 0.238. The summed E-state index contributed by atoms with van der Waals surface area (Å²) < 4.78 is 56.7. The molecule has 0 atom stereocenters. The average molecular weight is 577 g/mol. The van der Waals surface area contributed by atoms with E-state index >= 15 is 0 Å². The smallest absolute Gasteiger partial charge is 0.265 e. The van der Waals surface area contributed by atoms with E-state index in [1.807, 2.05) is 48.5 Å². The molecule has 0 radical (unpaired) electrons. The Hall–Kier alpha value is -3.70. The van der Waals surface area contributed by atoms with Crippen molar-refractivity contribution in [3.63, 3.8) is 0 Å². The molecular formula is C29H24N2O5S3. The molecule has 0 unspecified atom stereocenters. The van der Waals surface area contributed by atoms with Gasteiger partial charge < -0.3 is 0 Å². The zero-order chi connectivity index (χ0) is 27.5. The number of sulfonamides is 2. The highest BCUT2D eigenvalue weighted by molar-refractivity contribution is 7.99. The predicted molar refractivity (Wildman–Crippen MR) is 155 cm³/mol. The summed E-state index contributed by atoms with van der Waals surface area (Å²) in [5, 5.41) is 2.52. The molecule has 0 spiro atoms. The Kier molecular flexibility index (Phi) is 7.72. The molecule has 0 fully saturated rings. The van der Waals surface area contributed by atoms with Crippen molar-refractivity contribution in [2.75, 3.05) is 12.3 Å². The minimum absolute atomic E-state index is 0.0223. The van der Waals surface area contributed by atoms with Crippen LogP contribution in [0.4, 0.5) is 0 Å². The van der Waals surface area contributed by atoms with E-state index in [-0.39, 0.29) is 21.9 Å². The van der Waals surface area contributed by atoms with Crippen LogP contribution in [-0.2, 0) is 20.0 Å². The zero-order valence-electron chi connectivity index (χ0n) is 20.6. The molecule has 0 aromatic heterocycles. The van der Waals surface area contributed by atoms with Crippen LogP contribution in [0.25, 0.3) is 21.5 Å². The van der Waals surface area contributed by atoms with Crippen molar-refractivity contribution >= 4 is 59.3 Å². The van der Waals surface area contributed by atoms with Crippen molar-refractivity contribution in [3.05, 3.63) is 115 Å². The number of fused-ring (bicyclic) bond motifs is 2. The summed E-state index contributed by atoms with van der Waals surface area (Å²) in [6.07, 6.45) is 0. The van der Waals surface area contributed by atoms with Gasteiger partial charge in [-0.1, -0.05) is 66.7 Å². The monoisotopic (exact) mass is 576 g/mol. The molecule has 0 saturated heterocycles. The number of rotatable bonds is 9. The first-order chi connectivity index (χ1) is 18.7. The lowest BCUT2D eigenvalue weighted by Gasteiger charge is -2.11. The standard InChI is InChI=1S/C29H24N2O5S3/c32-29(28-12-6-8-22-7-4-5-11-27(22)28)31-39(35,36)26-16-14-21-13-15-25(19-23(21)20-26)38(33,34)30-17-18-37-24-9-2-1-3-10-24/h1-16,19-20,30H,17-18H2,(H,31,32). The van der Waals surface area contributed by atoms with E-state index < -0.39 is 26.0 Å². The van der Waals surface area contributed by atoms with Crippen LogP contribution in [0.5, 0.6) is 0 Å². The molecule has 2 N–H and O–H groups in total. The molecule has 0 aliphatic carbocycles. The molecule has 0 aliphatic heterocycles. The van der Waals surface area contributed by atoms with Crippen molar-refractivity contribution in [2.24, 2.45) is 0 Å². The number of amides is 1. The van der Waals surface area contributed by atoms with E-state index in [4.69, 9.17) is 0 Å². The summed E-state index contributed by atoms with van der Waals surface area (Å²) in [7, 11) is -8.04. The van der Waals surface area contributed by atoms with Gasteiger partial charge in [0.2, 0.25) is 10.0 Å². The molecule has 5 rings (SSSR count). The van der Waals surface area contributed by atoms with Gasteiger partial charge in [0.25, 0.3) is 15.9 Å². The Labute approximate surface area is 231 Å². The molecule has 5 aromatic rings. The van der Waals surface area contributed by atoms with Gasteiger partial charge >= 0.3 is 0 Å². The molecule has 0 aliphatic rings. The number of nitrogens with one attached hydrogen (secondary N) is 2. The van der Waals surface area contributed by atoms with E-state index in [9.17, 15) is 21.6 Å². The minimum atomic E-state index is -4.23. The highest BCUT2D eigenvalue weighted by atomic mass is 32.2. The second kappa shape index (κ2) is 11.2. The Balaban J connectivity index is 1.34. The zero-order valence-corrected chi connectivity index (χ0v) is 23.0. The Bertz CT molecular complexity index is 1890. The van der Waals surface area contributed by atoms with Crippen molar-refractivity contribution < 1.29 is 21.6 Å². The van der Waals surface area contributed by atoms with Crippen molar-refractivity contribution in [2.45, 2.75) is 14.7 Å². The molecule has 0 bridgehead atoms. The van der Waals surface area contributed by atoms with Crippen LogP contribution >= 0.6 is 11.8 Å². The maximum Gasteiger partial charge on any atom is 0.265 e. The molecule has 0 heterocycles. The Morgan fingerprint density at radius 3 is 2.03 bits per heavy atom. The summed E-state index contributed by atoms with van der Waals surface area (Å²) in [6, 6.07) is 30.8. The quantitative estimate of drug-likeness (QED) is 0.185. The predicted octanol–water partition coefficient (Wildman–Crippen LogP) is 5.18. The number of thioether (sulfide) groups is 1. The second-order valence-corrected chi connectivity index (χ2v) is 13.3. The summed E-state index contributed by atoms with van der Waals surface area (Å²) in [5.74, 6) is -0.198. The van der Waals surface area contributed by atoms with Crippen LogP contribution in [0.2, 0.25) is 0 Å². The molecule has 5 aromatic carbocycles. The van der Waals surface area contributed by atoms with Crippen LogP contribution < -0.4 is 9.44 Å². The fraction of sp³-hybridized carbons (Fsp3) is 0.0690. The van der Waals surface area contributed by atoms with E-state index in [0.29, 0.717) is 21.9 Å². The number of benzene rings is 5. The van der Waals surface area contributed by atoms with Gasteiger partial charge in [0, 0.05) is 22.8 Å². The van der Waals surface area contributed by atoms with E-state index in [1.54, 1.807) is 36.4 Å². The van der Waals surface area contributed by atoms with Crippen LogP contribution in [0, 0.1) is 0 Å². The second-order valence-electron chi connectivity index (χ2n) is 8.69. The van der Waals surface area contributed by atoms with Crippen molar-refractivity contribution in [3.8, 4) is 0 Å². The van der Waals surface area contributed by atoms with Gasteiger partial charge in [0.15, 0.2) is 0 Å². The van der Waals surface area contributed by atoms with Gasteiger partial charge in [-0.2, -0.15) is 0 Å². The average Bonchev–Trinajstić information content (AvgIpc) is 2.94. The Morgan fingerprint density at radius 1 is 0.641 bits per heavy atom. The molecule has 7 nitrogen and oxygen atoms in total. The first-order valence-corrected chi connectivity index (χ1v) is 15.9. The molecule has 198 valence electrons. The molecule has 10 heteroatoms. The minimum Gasteiger partial charge on any atom is -0.268 e. The van der Waals surface area contributed by atoms with Crippen LogP contribution in [0.15, 0.2) is 124 Å². The first kappa shape index (κ1) is 26.9. The lowest BCUT2D eigenvalue weighted by Crippen LogP contribution is -2.30. The van der Waals surface area contributed by atoms with Gasteiger partial charge in [-0.3, -0.25) is 4.79 Å². The summed E-state index contributed by atoms with van der Waals surface area (Å²) in [4.78, 5) is 13.9. The van der Waals surface area contributed by atoms with Crippen LogP contribution in [-0.4, -0.2) is 35.0 Å². The SMILES string of the molecule is O=C(NS(=O)(=O)c1ccc2ccc(S(=O)(=O)NCCSc3ccccc3)cc2c1)c1cccc2ccccc12. The molecule has 0 saturated carbocycles. The Morgan fingerprint density at radius 2 is 1.28 bits per heavy atom. The van der Waals surface area contributed by atoms with E-state index in [2.05, 4.69) is 9.44 Å². The topological polar surface area (TPSA) is 109 Å².